The number of esters is 3. The van der Waals surface area contributed by atoms with Crippen LogP contribution in [0.15, 0.2) is 11.6 Å². The lowest BCUT2D eigenvalue weighted by Crippen LogP contribution is -2.69. The third-order valence-electron chi connectivity index (χ3n) is 14.1. The molecule has 0 aromatic rings. The molecule has 7 heteroatoms. The number of hydrogen-bond donors (Lipinski definition) is 0. The van der Waals surface area contributed by atoms with Gasteiger partial charge in [0, 0.05) is 26.4 Å². The van der Waals surface area contributed by atoms with Crippen LogP contribution in [-0.2, 0) is 33.3 Å². The smallest absolute Gasteiger partial charge is 0.312 e. The Balaban J connectivity index is 1.60. The quantitative estimate of drug-likeness (QED) is 0.190. The highest BCUT2D eigenvalue weighted by Gasteiger charge is 2.71. The van der Waals surface area contributed by atoms with E-state index in [0.29, 0.717) is 5.92 Å². The van der Waals surface area contributed by atoms with E-state index in [0.717, 1.165) is 57.8 Å². The topological polar surface area (TPSA) is 88.1 Å². The summed E-state index contributed by atoms with van der Waals surface area (Å²) in [5.74, 6) is 0.0580. The third kappa shape index (κ3) is 4.63. The van der Waals surface area contributed by atoms with Crippen molar-refractivity contribution in [1.82, 2.24) is 0 Å². The van der Waals surface area contributed by atoms with Crippen LogP contribution in [-0.4, -0.2) is 50.9 Å². The Morgan fingerprint density at radius 1 is 0.860 bits per heavy atom. The summed E-state index contributed by atoms with van der Waals surface area (Å²) in [5, 5.41) is 0. The van der Waals surface area contributed by atoms with Gasteiger partial charge in [0.05, 0.1) is 18.6 Å². The van der Waals surface area contributed by atoms with Crippen molar-refractivity contribution < 1.29 is 33.3 Å². The van der Waals surface area contributed by atoms with Gasteiger partial charge in [-0.2, -0.15) is 0 Å². The first-order valence-corrected chi connectivity index (χ1v) is 16.6. The lowest BCUT2D eigenvalue weighted by molar-refractivity contribution is -0.255. The molecule has 4 saturated carbocycles. The molecule has 10 atom stereocenters. The lowest BCUT2D eigenvalue weighted by atomic mass is 9.33. The summed E-state index contributed by atoms with van der Waals surface area (Å²) >= 11 is 0. The number of rotatable bonds is 5. The van der Waals surface area contributed by atoms with Gasteiger partial charge in [-0.05, 0) is 97.2 Å². The van der Waals surface area contributed by atoms with E-state index in [9.17, 15) is 14.4 Å². The maximum absolute atomic E-state index is 13.5. The maximum Gasteiger partial charge on any atom is 0.312 e. The van der Waals surface area contributed by atoms with Gasteiger partial charge >= 0.3 is 17.9 Å². The molecule has 43 heavy (non-hydrogen) atoms. The first-order chi connectivity index (χ1) is 19.9. The van der Waals surface area contributed by atoms with E-state index in [1.54, 1.807) is 14.2 Å². The van der Waals surface area contributed by atoms with E-state index >= 15 is 0 Å². The predicted molar refractivity (Wildman–Crippen MR) is 164 cm³/mol. The molecular formula is C36H56O7. The van der Waals surface area contributed by atoms with E-state index in [2.05, 4.69) is 47.6 Å². The fourth-order valence-electron chi connectivity index (χ4n) is 11.7. The second-order valence-electron chi connectivity index (χ2n) is 16.7. The van der Waals surface area contributed by atoms with Crippen LogP contribution < -0.4 is 0 Å². The summed E-state index contributed by atoms with van der Waals surface area (Å²) in [5.41, 5.74) is 0.512. The molecule has 4 fully saturated rings. The van der Waals surface area contributed by atoms with Gasteiger partial charge in [-0.25, -0.2) is 0 Å². The fraction of sp³-hybridized carbons (Fsp3) is 0.861. The monoisotopic (exact) mass is 600 g/mol. The van der Waals surface area contributed by atoms with Crippen molar-refractivity contribution in [3.8, 4) is 0 Å². The summed E-state index contributed by atoms with van der Waals surface area (Å²) in [6, 6.07) is 0. The van der Waals surface area contributed by atoms with E-state index < -0.39 is 16.9 Å². The molecule has 0 bridgehead atoms. The minimum absolute atomic E-state index is 0.0150. The normalized spacial score (nSPS) is 46.6. The zero-order valence-corrected chi connectivity index (χ0v) is 28.4. The molecule has 5 aliphatic rings. The number of fused-ring (bicyclic) bond motifs is 7. The van der Waals surface area contributed by atoms with E-state index in [1.807, 2.05) is 0 Å². The third-order valence-corrected chi connectivity index (χ3v) is 14.1. The highest BCUT2D eigenvalue weighted by atomic mass is 16.6. The van der Waals surface area contributed by atoms with Crippen molar-refractivity contribution in [3.63, 3.8) is 0 Å². The van der Waals surface area contributed by atoms with Crippen molar-refractivity contribution in [2.24, 2.45) is 50.2 Å². The van der Waals surface area contributed by atoms with Crippen LogP contribution in [0, 0.1) is 50.2 Å². The van der Waals surface area contributed by atoms with Gasteiger partial charge < -0.3 is 18.9 Å². The van der Waals surface area contributed by atoms with Crippen LogP contribution in [0.1, 0.15) is 113 Å². The van der Waals surface area contributed by atoms with Gasteiger partial charge in [0.2, 0.25) is 0 Å². The van der Waals surface area contributed by atoms with Gasteiger partial charge in [-0.15, -0.1) is 0 Å². The second-order valence-corrected chi connectivity index (χ2v) is 16.7. The Kier molecular flexibility index (Phi) is 8.01. The lowest BCUT2D eigenvalue weighted by Gasteiger charge is -2.71. The Morgan fingerprint density at radius 2 is 1.53 bits per heavy atom. The Hall–Kier alpha value is -1.89. The largest absolute Gasteiger partial charge is 0.469 e. The van der Waals surface area contributed by atoms with E-state index in [4.69, 9.17) is 18.9 Å². The van der Waals surface area contributed by atoms with Crippen LogP contribution in [0.25, 0.3) is 0 Å². The molecule has 0 spiro atoms. The molecule has 0 aromatic carbocycles. The summed E-state index contributed by atoms with van der Waals surface area (Å²) in [6.45, 7) is 17.4. The fourth-order valence-corrected chi connectivity index (χ4v) is 11.7. The Morgan fingerprint density at radius 3 is 2.14 bits per heavy atom. The molecule has 5 aliphatic carbocycles. The molecule has 0 saturated heterocycles. The van der Waals surface area contributed by atoms with E-state index in [1.165, 1.54) is 19.4 Å². The van der Waals surface area contributed by atoms with Crippen molar-refractivity contribution in [3.05, 3.63) is 11.6 Å². The van der Waals surface area contributed by atoms with Crippen molar-refractivity contribution in [2.75, 3.05) is 20.8 Å². The number of ether oxygens (including phenoxy) is 4. The molecule has 0 N–H and O–H groups in total. The molecule has 242 valence electrons. The Bertz CT molecular complexity index is 1190. The minimum Gasteiger partial charge on any atom is -0.469 e. The Labute approximate surface area is 259 Å². The first kappa shape index (κ1) is 32.5. The molecule has 0 amide bonds. The zero-order chi connectivity index (χ0) is 31.8. The maximum atomic E-state index is 13.5. The molecule has 0 aromatic heterocycles. The van der Waals surface area contributed by atoms with Gasteiger partial charge in [0.15, 0.2) is 0 Å². The first-order valence-electron chi connectivity index (χ1n) is 16.6. The molecule has 0 unspecified atom stereocenters. The van der Waals surface area contributed by atoms with Crippen molar-refractivity contribution in [2.45, 2.75) is 125 Å². The van der Waals surface area contributed by atoms with Gasteiger partial charge in [-0.3, -0.25) is 14.4 Å². The predicted octanol–water partition coefficient (Wildman–Crippen LogP) is 7.06. The summed E-state index contributed by atoms with van der Waals surface area (Å²) < 4.78 is 23.4. The SMILES string of the molecule is COC(=O)[C@]12CCC(C)(C)C[C@H]1C1=CC[C@@H]3[C@@]4(C)C[C@@H](OC)[C@@H](OC(C)=O)[C@@](C)(COC(C)=O)[C@@H]4CC[C@@]3(C)[C@]1(C)CC2. The molecule has 0 heterocycles. The number of hydrogen-bond acceptors (Lipinski definition) is 7. The van der Waals surface area contributed by atoms with Crippen LogP contribution >= 0.6 is 0 Å². The number of carbonyl (C=O) groups excluding carboxylic acids is 3. The molecule has 0 radical (unpaired) electrons. The summed E-state index contributed by atoms with van der Waals surface area (Å²) in [4.78, 5) is 38.0. The highest BCUT2D eigenvalue weighted by molar-refractivity contribution is 5.78. The molecule has 7 nitrogen and oxygen atoms in total. The average Bonchev–Trinajstić information content (AvgIpc) is 2.93. The van der Waals surface area contributed by atoms with Crippen molar-refractivity contribution in [1.29, 1.82) is 0 Å². The molecule has 5 rings (SSSR count). The molecule has 0 aliphatic heterocycles. The standard InChI is InChI=1S/C36H56O7/c1-22(37)42-21-33(6)27-13-14-35(8)28(32(27,5)20-26(40-9)29(33)43-23(2)38)12-11-24-25-19-31(3,4)15-17-36(25,30(39)41-10)18-16-34(24,35)7/h11,25-29H,12-21H2,1-10H3/t25-,26+,27+,28+,29+,32-,33-,34+,35+,36-/m0/s1. The van der Waals surface area contributed by atoms with Gasteiger partial charge in [0.25, 0.3) is 0 Å². The van der Waals surface area contributed by atoms with Gasteiger partial charge in [0.1, 0.15) is 12.7 Å². The van der Waals surface area contributed by atoms with Gasteiger partial charge in [-0.1, -0.05) is 53.2 Å². The van der Waals surface area contributed by atoms with Crippen LogP contribution in [0.3, 0.4) is 0 Å². The van der Waals surface area contributed by atoms with E-state index in [-0.39, 0.29) is 64.1 Å². The number of allylic oxidation sites excluding steroid dienone is 2. The second kappa shape index (κ2) is 10.6. The van der Waals surface area contributed by atoms with Crippen LogP contribution in [0.2, 0.25) is 0 Å². The average molecular weight is 601 g/mol. The highest BCUT2D eigenvalue weighted by Crippen LogP contribution is 2.76. The van der Waals surface area contributed by atoms with Crippen molar-refractivity contribution >= 4 is 17.9 Å². The summed E-state index contributed by atoms with van der Waals surface area (Å²) in [7, 11) is 3.26. The molecular weight excluding hydrogens is 544 g/mol. The minimum atomic E-state index is -0.586. The van der Waals surface area contributed by atoms with Crippen LogP contribution in [0.4, 0.5) is 0 Å². The number of methoxy groups -OCH3 is 2. The number of carbonyl (C=O) groups is 3. The zero-order valence-electron chi connectivity index (χ0n) is 28.4. The van der Waals surface area contributed by atoms with Crippen LogP contribution in [0.5, 0.6) is 0 Å². The summed E-state index contributed by atoms with van der Waals surface area (Å²) in [6.07, 6.45) is 10.3.